The molecule has 11 heteroatoms. The molecule has 2 atom stereocenters. The van der Waals surface area contributed by atoms with E-state index in [2.05, 4.69) is 25.1 Å². The van der Waals surface area contributed by atoms with Crippen molar-refractivity contribution in [3.05, 3.63) is 45.8 Å². The summed E-state index contributed by atoms with van der Waals surface area (Å²) < 4.78 is 11.1. The minimum Gasteiger partial charge on any atom is -0.379 e. The van der Waals surface area contributed by atoms with Crippen LogP contribution in [-0.4, -0.2) is 98.6 Å². The molecule has 1 aromatic heterocycles. The Morgan fingerprint density at radius 1 is 1.00 bits per heavy atom. The number of piperidine rings is 1. The number of benzene rings is 1. The van der Waals surface area contributed by atoms with Gasteiger partial charge in [-0.15, -0.1) is 0 Å². The van der Waals surface area contributed by atoms with Gasteiger partial charge in [0.05, 0.1) is 12.7 Å². The molecule has 0 spiro atoms. The van der Waals surface area contributed by atoms with Crippen LogP contribution in [0, 0.1) is 6.92 Å². The molecule has 0 aliphatic carbocycles. The van der Waals surface area contributed by atoms with Gasteiger partial charge in [0.2, 0.25) is 0 Å². The van der Waals surface area contributed by atoms with Gasteiger partial charge in [-0.05, 0) is 44.4 Å². The molecule has 3 fully saturated rings. The zero-order valence-corrected chi connectivity index (χ0v) is 23.5. The second kappa shape index (κ2) is 12.3. The van der Waals surface area contributed by atoms with Crippen LogP contribution in [0.2, 0.25) is 10.0 Å². The number of methoxy groups -OCH3 is 1. The molecule has 4 heterocycles. The summed E-state index contributed by atoms with van der Waals surface area (Å²) in [7, 11) is 1.74. The first-order valence-corrected chi connectivity index (χ1v) is 14.1. The van der Waals surface area contributed by atoms with E-state index in [9.17, 15) is 4.79 Å². The maximum Gasteiger partial charge on any atom is 0.272 e. The Morgan fingerprint density at radius 3 is 2.37 bits per heavy atom. The number of nitrogens with one attached hydrogen (secondary N) is 1. The van der Waals surface area contributed by atoms with Crippen LogP contribution >= 0.6 is 23.2 Å². The van der Waals surface area contributed by atoms with E-state index in [1.165, 1.54) is 6.33 Å². The van der Waals surface area contributed by atoms with Crippen molar-refractivity contribution in [1.29, 1.82) is 0 Å². The lowest BCUT2D eigenvalue weighted by Gasteiger charge is -2.38. The van der Waals surface area contributed by atoms with Gasteiger partial charge in [-0.1, -0.05) is 23.2 Å². The fourth-order valence-electron chi connectivity index (χ4n) is 5.71. The number of amides is 1. The van der Waals surface area contributed by atoms with Crippen LogP contribution in [0.5, 0.6) is 0 Å². The summed E-state index contributed by atoms with van der Waals surface area (Å²) >= 11 is 12.4. The van der Waals surface area contributed by atoms with Crippen molar-refractivity contribution in [2.45, 2.75) is 44.4 Å². The summed E-state index contributed by atoms with van der Waals surface area (Å²) in [5.74, 6) is 0.812. The average molecular weight is 564 g/mol. The maximum atomic E-state index is 13.5. The van der Waals surface area contributed by atoms with Gasteiger partial charge in [-0.25, -0.2) is 9.97 Å². The van der Waals surface area contributed by atoms with E-state index in [1.807, 2.05) is 24.0 Å². The van der Waals surface area contributed by atoms with Crippen molar-refractivity contribution in [2.24, 2.45) is 0 Å². The fraction of sp³-hybridized carbons (Fsp3) is 0.593. The van der Waals surface area contributed by atoms with Crippen LogP contribution in [0.25, 0.3) is 0 Å². The number of halogens is 2. The Kier molecular flexibility index (Phi) is 8.90. The molecule has 3 aliphatic heterocycles. The molecule has 0 saturated carbocycles. The predicted octanol–water partition coefficient (Wildman–Crippen LogP) is 3.42. The average Bonchev–Trinajstić information content (AvgIpc) is 2.93. The van der Waals surface area contributed by atoms with Crippen LogP contribution in [-0.2, 0) is 9.47 Å². The molecule has 3 aliphatic rings. The second-order valence-electron chi connectivity index (χ2n) is 10.3. The van der Waals surface area contributed by atoms with Crippen LogP contribution in [0.15, 0.2) is 24.5 Å². The molecule has 206 valence electrons. The molecule has 9 nitrogen and oxygen atoms in total. The highest BCUT2D eigenvalue weighted by Gasteiger charge is 2.31. The van der Waals surface area contributed by atoms with E-state index in [0.29, 0.717) is 47.5 Å². The van der Waals surface area contributed by atoms with Crippen molar-refractivity contribution < 1.29 is 14.3 Å². The van der Waals surface area contributed by atoms with Crippen LogP contribution < -0.4 is 15.1 Å². The molecule has 3 saturated heterocycles. The third-order valence-electron chi connectivity index (χ3n) is 7.89. The summed E-state index contributed by atoms with van der Waals surface area (Å²) in [6.07, 6.45) is 4.36. The molecule has 5 rings (SSSR count). The SMILES string of the molecule is COC1COCCC1NC1CCN(C(=O)c2ncnc(N3CCN(c4cc(Cl)cc(Cl)c4)CC3)c2C)CC1. The number of carbonyl (C=O) groups excluding carboxylic acids is 1. The lowest BCUT2D eigenvalue weighted by atomic mass is 9.99. The number of hydrogen-bond donors (Lipinski definition) is 1. The van der Waals surface area contributed by atoms with Gasteiger partial charge >= 0.3 is 0 Å². The number of nitrogens with zero attached hydrogens (tertiary/aromatic N) is 5. The van der Waals surface area contributed by atoms with E-state index in [1.54, 1.807) is 13.2 Å². The fourth-order valence-corrected chi connectivity index (χ4v) is 6.22. The molecular formula is C27H36Cl2N6O3. The third kappa shape index (κ3) is 6.18. The van der Waals surface area contributed by atoms with Crippen LogP contribution in [0.3, 0.4) is 0 Å². The summed E-state index contributed by atoms with van der Waals surface area (Å²) in [5, 5.41) is 5.01. The van der Waals surface area contributed by atoms with Crippen LogP contribution in [0.1, 0.15) is 35.3 Å². The normalized spacial score (nSPS) is 23.1. The largest absolute Gasteiger partial charge is 0.379 e. The number of ether oxygens (including phenoxy) is 2. The van der Waals surface area contributed by atoms with Gasteiger partial charge < -0.3 is 29.5 Å². The molecule has 1 aromatic carbocycles. The van der Waals surface area contributed by atoms with Crippen LogP contribution in [0.4, 0.5) is 11.5 Å². The standard InChI is InChI=1S/C27H36Cl2N6O3/c1-18-25(27(36)35-6-3-21(4-7-35)32-23-5-12-38-16-24(23)37-2)30-17-31-26(18)34-10-8-33(9-11-34)22-14-19(28)13-20(29)15-22/h13-15,17,21,23-24,32H,3-12,16H2,1-2H3. The van der Waals surface area contributed by atoms with Crippen molar-refractivity contribution in [3.8, 4) is 0 Å². The number of likely N-dealkylation sites (tertiary alicyclic amines) is 1. The van der Waals surface area contributed by atoms with Gasteiger partial charge in [0.15, 0.2) is 0 Å². The molecule has 0 bridgehead atoms. The number of rotatable bonds is 6. The van der Waals surface area contributed by atoms with Gasteiger partial charge in [0, 0.05) is 86.4 Å². The van der Waals surface area contributed by atoms with E-state index >= 15 is 0 Å². The molecule has 2 unspecified atom stereocenters. The third-order valence-corrected chi connectivity index (χ3v) is 8.33. The smallest absolute Gasteiger partial charge is 0.272 e. The summed E-state index contributed by atoms with van der Waals surface area (Å²) in [6.45, 7) is 7.92. The second-order valence-corrected chi connectivity index (χ2v) is 11.1. The highest BCUT2D eigenvalue weighted by Crippen LogP contribution is 2.28. The summed E-state index contributed by atoms with van der Waals surface area (Å²) in [6, 6.07) is 6.28. The number of carbonyl (C=O) groups is 1. The van der Waals surface area contributed by atoms with Crippen molar-refractivity contribution >= 4 is 40.6 Å². The highest BCUT2D eigenvalue weighted by atomic mass is 35.5. The number of aromatic nitrogens is 2. The summed E-state index contributed by atoms with van der Waals surface area (Å²) in [5.41, 5.74) is 2.35. The van der Waals surface area contributed by atoms with Gasteiger partial charge in [0.25, 0.3) is 5.91 Å². The first-order chi connectivity index (χ1) is 18.4. The van der Waals surface area contributed by atoms with Gasteiger partial charge in [0.1, 0.15) is 17.8 Å². The Balaban J connectivity index is 1.18. The quantitative estimate of drug-likeness (QED) is 0.573. The summed E-state index contributed by atoms with van der Waals surface area (Å²) in [4.78, 5) is 28.9. The Labute approximate surface area is 234 Å². The Hall–Kier alpha value is -2.17. The van der Waals surface area contributed by atoms with E-state index in [4.69, 9.17) is 32.7 Å². The number of hydrogen-bond acceptors (Lipinski definition) is 8. The molecule has 38 heavy (non-hydrogen) atoms. The molecule has 1 N–H and O–H groups in total. The lowest BCUT2D eigenvalue weighted by Crippen LogP contribution is -2.54. The monoisotopic (exact) mass is 562 g/mol. The maximum absolute atomic E-state index is 13.5. The molecule has 1 amide bonds. The van der Waals surface area contributed by atoms with Crippen molar-refractivity contribution in [3.63, 3.8) is 0 Å². The lowest BCUT2D eigenvalue weighted by molar-refractivity contribution is -0.0533. The zero-order valence-electron chi connectivity index (χ0n) is 22.0. The highest BCUT2D eigenvalue weighted by molar-refractivity contribution is 6.35. The molecule has 0 radical (unpaired) electrons. The number of piperazine rings is 1. The van der Waals surface area contributed by atoms with Gasteiger partial charge in [-0.2, -0.15) is 0 Å². The Morgan fingerprint density at radius 2 is 1.68 bits per heavy atom. The first-order valence-electron chi connectivity index (χ1n) is 13.4. The molecule has 2 aromatic rings. The first kappa shape index (κ1) is 27.4. The molecular weight excluding hydrogens is 527 g/mol. The van der Waals surface area contributed by atoms with E-state index < -0.39 is 0 Å². The van der Waals surface area contributed by atoms with E-state index in [-0.39, 0.29) is 12.0 Å². The van der Waals surface area contributed by atoms with E-state index in [0.717, 1.165) is 69.1 Å². The van der Waals surface area contributed by atoms with Crippen molar-refractivity contribution in [2.75, 3.05) is 69.4 Å². The predicted molar refractivity (Wildman–Crippen MR) is 150 cm³/mol. The minimum atomic E-state index is -0.0161. The zero-order chi connectivity index (χ0) is 26.6. The van der Waals surface area contributed by atoms with Gasteiger partial charge in [-0.3, -0.25) is 4.79 Å². The van der Waals surface area contributed by atoms with Crippen molar-refractivity contribution in [1.82, 2.24) is 20.2 Å². The Bertz CT molecular complexity index is 1100. The number of anilines is 2. The topological polar surface area (TPSA) is 83.1 Å². The minimum absolute atomic E-state index is 0.0161.